The van der Waals surface area contributed by atoms with Crippen molar-refractivity contribution in [3.63, 3.8) is 0 Å². The van der Waals surface area contributed by atoms with Gasteiger partial charge in [0.15, 0.2) is 0 Å². The van der Waals surface area contributed by atoms with Crippen molar-refractivity contribution < 1.29 is 5.11 Å². The molecule has 4 nitrogen and oxygen atoms in total. The Morgan fingerprint density at radius 2 is 2.10 bits per heavy atom. The van der Waals surface area contributed by atoms with Gasteiger partial charge in [0, 0.05) is 23.3 Å². The second kappa shape index (κ2) is 6.27. The maximum atomic E-state index is 9.11. The highest BCUT2D eigenvalue weighted by molar-refractivity contribution is 5.25. The van der Waals surface area contributed by atoms with E-state index in [1.165, 1.54) is 49.8 Å². The maximum absolute atomic E-state index is 9.11. The minimum absolute atomic E-state index is 0.173. The Bertz CT molecular complexity index is 435. The van der Waals surface area contributed by atoms with Crippen LogP contribution >= 0.6 is 0 Å². The first kappa shape index (κ1) is 14.1. The second-order valence-electron chi connectivity index (χ2n) is 6.56. The van der Waals surface area contributed by atoms with Gasteiger partial charge in [0.05, 0.1) is 19.3 Å². The molecule has 0 aliphatic heterocycles. The SMILES string of the molecule is CC1CCC(NC2CCCc3c2cnn3CCO)CC1. The Morgan fingerprint density at radius 3 is 2.85 bits per heavy atom. The van der Waals surface area contributed by atoms with E-state index in [-0.39, 0.29) is 6.61 Å². The zero-order valence-corrected chi connectivity index (χ0v) is 12.5. The maximum Gasteiger partial charge on any atom is 0.0644 e. The summed E-state index contributed by atoms with van der Waals surface area (Å²) in [6, 6.07) is 1.16. The van der Waals surface area contributed by atoms with Gasteiger partial charge in [0.2, 0.25) is 0 Å². The van der Waals surface area contributed by atoms with Crippen molar-refractivity contribution in [1.29, 1.82) is 0 Å². The molecule has 0 spiro atoms. The van der Waals surface area contributed by atoms with E-state index >= 15 is 0 Å². The largest absolute Gasteiger partial charge is 0.394 e. The zero-order chi connectivity index (χ0) is 13.9. The van der Waals surface area contributed by atoms with Crippen LogP contribution < -0.4 is 5.32 Å². The van der Waals surface area contributed by atoms with Gasteiger partial charge in [0.1, 0.15) is 0 Å². The summed E-state index contributed by atoms with van der Waals surface area (Å²) >= 11 is 0. The summed E-state index contributed by atoms with van der Waals surface area (Å²) in [5.74, 6) is 0.905. The van der Waals surface area contributed by atoms with Crippen molar-refractivity contribution in [3.8, 4) is 0 Å². The lowest BCUT2D eigenvalue weighted by molar-refractivity contribution is 0.263. The van der Waals surface area contributed by atoms with Crippen LogP contribution in [0.15, 0.2) is 6.20 Å². The van der Waals surface area contributed by atoms with Gasteiger partial charge in [0.25, 0.3) is 0 Å². The monoisotopic (exact) mass is 277 g/mol. The highest BCUT2D eigenvalue weighted by Gasteiger charge is 2.27. The van der Waals surface area contributed by atoms with Gasteiger partial charge in [-0.15, -0.1) is 0 Å². The van der Waals surface area contributed by atoms with Crippen LogP contribution in [0.2, 0.25) is 0 Å². The fourth-order valence-electron chi connectivity index (χ4n) is 3.79. The third-order valence-electron chi connectivity index (χ3n) is 5.03. The van der Waals surface area contributed by atoms with Crippen molar-refractivity contribution in [2.45, 2.75) is 70.5 Å². The molecule has 1 heterocycles. The number of aliphatic hydroxyl groups is 1. The summed E-state index contributed by atoms with van der Waals surface area (Å²) < 4.78 is 1.99. The van der Waals surface area contributed by atoms with Crippen LogP contribution in [0.4, 0.5) is 0 Å². The molecule has 20 heavy (non-hydrogen) atoms. The molecule has 1 fully saturated rings. The topological polar surface area (TPSA) is 50.1 Å². The lowest BCUT2D eigenvalue weighted by Crippen LogP contribution is -2.37. The van der Waals surface area contributed by atoms with Gasteiger partial charge in [-0.05, 0) is 50.9 Å². The van der Waals surface area contributed by atoms with E-state index < -0.39 is 0 Å². The van der Waals surface area contributed by atoms with Gasteiger partial charge in [-0.3, -0.25) is 4.68 Å². The number of nitrogens with zero attached hydrogens (tertiary/aromatic N) is 2. The van der Waals surface area contributed by atoms with Gasteiger partial charge < -0.3 is 10.4 Å². The molecule has 1 unspecified atom stereocenters. The summed E-state index contributed by atoms with van der Waals surface area (Å²) in [6.45, 7) is 3.17. The first-order valence-electron chi connectivity index (χ1n) is 8.19. The Hall–Kier alpha value is -0.870. The van der Waals surface area contributed by atoms with Crippen LogP contribution in [0.3, 0.4) is 0 Å². The molecule has 0 amide bonds. The molecule has 0 bridgehead atoms. The van der Waals surface area contributed by atoms with E-state index in [0.717, 1.165) is 12.3 Å². The molecule has 0 radical (unpaired) electrons. The summed E-state index contributed by atoms with van der Waals surface area (Å²) in [4.78, 5) is 0. The molecule has 3 rings (SSSR count). The Kier molecular flexibility index (Phi) is 4.41. The number of nitrogens with one attached hydrogen (secondary N) is 1. The van der Waals surface area contributed by atoms with E-state index in [4.69, 9.17) is 5.11 Å². The molecule has 0 saturated heterocycles. The van der Waals surface area contributed by atoms with Gasteiger partial charge in [-0.1, -0.05) is 6.92 Å². The van der Waals surface area contributed by atoms with Crippen LogP contribution in [-0.4, -0.2) is 27.5 Å². The van der Waals surface area contributed by atoms with Crippen molar-refractivity contribution in [1.82, 2.24) is 15.1 Å². The van der Waals surface area contributed by atoms with E-state index in [0.29, 0.717) is 18.6 Å². The third kappa shape index (κ3) is 2.91. The van der Waals surface area contributed by atoms with Crippen LogP contribution in [0.5, 0.6) is 0 Å². The molecule has 2 N–H and O–H groups in total. The number of aliphatic hydroxyl groups excluding tert-OH is 1. The van der Waals surface area contributed by atoms with Crippen LogP contribution in [0, 0.1) is 5.92 Å². The van der Waals surface area contributed by atoms with Crippen LogP contribution in [0.25, 0.3) is 0 Å². The molecule has 2 aliphatic rings. The summed E-state index contributed by atoms with van der Waals surface area (Å²) in [7, 11) is 0. The Morgan fingerprint density at radius 1 is 1.30 bits per heavy atom. The van der Waals surface area contributed by atoms with Gasteiger partial charge in [-0.2, -0.15) is 5.10 Å². The quantitative estimate of drug-likeness (QED) is 0.888. The highest BCUT2D eigenvalue weighted by atomic mass is 16.3. The first-order valence-corrected chi connectivity index (χ1v) is 8.19. The van der Waals surface area contributed by atoms with Crippen molar-refractivity contribution in [2.75, 3.05) is 6.61 Å². The molecule has 1 saturated carbocycles. The summed E-state index contributed by atoms with van der Waals surface area (Å²) in [5.41, 5.74) is 2.72. The molecule has 2 aliphatic carbocycles. The number of fused-ring (bicyclic) bond motifs is 1. The number of aromatic nitrogens is 2. The number of rotatable bonds is 4. The van der Waals surface area contributed by atoms with E-state index in [1.54, 1.807) is 0 Å². The normalized spacial score (nSPS) is 30.2. The minimum atomic E-state index is 0.173. The minimum Gasteiger partial charge on any atom is -0.394 e. The predicted molar refractivity (Wildman–Crippen MR) is 79.5 cm³/mol. The molecule has 1 aromatic heterocycles. The zero-order valence-electron chi connectivity index (χ0n) is 12.5. The molecule has 4 heteroatoms. The van der Waals surface area contributed by atoms with E-state index in [1.807, 2.05) is 10.9 Å². The standard InChI is InChI=1S/C16H27N3O/c1-12-5-7-13(8-6-12)18-15-3-2-4-16-14(15)11-17-19(16)9-10-20/h11-13,15,18,20H,2-10H2,1H3. The van der Waals surface area contributed by atoms with Crippen molar-refractivity contribution in [3.05, 3.63) is 17.5 Å². The Balaban J connectivity index is 1.67. The summed E-state index contributed by atoms with van der Waals surface area (Å²) in [6.07, 6.45) is 10.9. The van der Waals surface area contributed by atoms with Crippen LogP contribution in [-0.2, 0) is 13.0 Å². The number of hydrogen-bond donors (Lipinski definition) is 2. The second-order valence-corrected chi connectivity index (χ2v) is 6.56. The molecule has 1 aromatic rings. The fourth-order valence-corrected chi connectivity index (χ4v) is 3.79. The van der Waals surface area contributed by atoms with Gasteiger partial charge >= 0.3 is 0 Å². The highest BCUT2D eigenvalue weighted by Crippen LogP contribution is 2.32. The molecular formula is C16H27N3O. The molecule has 0 aromatic carbocycles. The third-order valence-corrected chi connectivity index (χ3v) is 5.03. The predicted octanol–water partition coefficient (Wildman–Crippen LogP) is 2.42. The lowest BCUT2D eigenvalue weighted by atomic mass is 9.85. The van der Waals surface area contributed by atoms with Crippen molar-refractivity contribution in [2.24, 2.45) is 5.92 Å². The smallest absolute Gasteiger partial charge is 0.0644 e. The number of hydrogen-bond acceptors (Lipinski definition) is 3. The average molecular weight is 277 g/mol. The lowest BCUT2D eigenvalue weighted by Gasteiger charge is -2.32. The Labute approximate surface area is 121 Å². The average Bonchev–Trinajstić information content (AvgIpc) is 2.86. The molecule has 112 valence electrons. The van der Waals surface area contributed by atoms with Gasteiger partial charge in [-0.25, -0.2) is 0 Å². The van der Waals surface area contributed by atoms with E-state index in [2.05, 4.69) is 17.3 Å². The molecular weight excluding hydrogens is 250 g/mol. The van der Waals surface area contributed by atoms with Crippen LogP contribution in [0.1, 0.15) is 62.7 Å². The fraction of sp³-hybridized carbons (Fsp3) is 0.812. The summed E-state index contributed by atoms with van der Waals surface area (Å²) in [5, 5.41) is 17.4. The van der Waals surface area contributed by atoms with E-state index in [9.17, 15) is 0 Å². The first-order chi connectivity index (χ1) is 9.78. The molecule has 1 atom stereocenters. The van der Waals surface area contributed by atoms with Crippen molar-refractivity contribution >= 4 is 0 Å².